The number of fused-ring (bicyclic) bond motifs is 1. The summed E-state index contributed by atoms with van der Waals surface area (Å²) in [7, 11) is 0. The molecule has 0 saturated heterocycles. The maximum absolute atomic E-state index is 12.9. The van der Waals surface area contributed by atoms with Crippen molar-refractivity contribution in [3.05, 3.63) is 65.2 Å². The van der Waals surface area contributed by atoms with E-state index in [1.807, 2.05) is 0 Å². The Labute approximate surface area is 119 Å². The molecule has 1 aromatic carbocycles. The number of nitrogens with zero attached hydrogens (tertiary/aromatic N) is 1. The third-order valence-corrected chi connectivity index (χ3v) is 4.03. The highest BCUT2D eigenvalue weighted by Crippen LogP contribution is 2.23. The Hall–Kier alpha value is -1.74. The third-order valence-electron chi connectivity index (χ3n) is 4.03. The summed E-state index contributed by atoms with van der Waals surface area (Å²) in [5.41, 5.74) is 3.80. The molecule has 1 aromatic heterocycles. The second kappa shape index (κ2) is 5.71. The molecule has 3 rings (SSSR count). The van der Waals surface area contributed by atoms with Crippen LogP contribution in [-0.2, 0) is 12.8 Å². The van der Waals surface area contributed by atoms with Gasteiger partial charge in [0.1, 0.15) is 5.82 Å². The molecule has 0 amide bonds. The smallest absolute Gasteiger partial charge is 0.141 e. The van der Waals surface area contributed by atoms with Gasteiger partial charge >= 0.3 is 0 Å². The van der Waals surface area contributed by atoms with Crippen molar-refractivity contribution in [2.24, 2.45) is 0 Å². The molecular weight excluding hydrogens is 251 g/mol. The van der Waals surface area contributed by atoms with Gasteiger partial charge in [0, 0.05) is 12.1 Å². The van der Waals surface area contributed by atoms with Gasteiger partial charge in [-0.1, -0.05) is 24.3 Å². The minimum atomic E-state index is -0.285. The van der Waals surface area contributed by atoms with Crippen molar-refractivity contribution in [1.82, 2.24) is 10.3 Å². The van der Waals surface area contributed by atoms with Gasteiger partial charge in [-0.25, -0.2) is 4.39 Å². The van der Waals surface area contributed by atoms with Crippen LogP contribution in [0.5, 0.6) is 0 Å². The molecule has 1 aliphatic carbocycles. The maximum Gasteiger partial charge on any atom is 0.141 e. The third kappa shape index (κ3) is 2.88. The Kier molecular flexibility index (Phi) is 3.79. The Balaban J connectivity index is 1.66. The number of benzene rings is 1. The molecule has 0 bridgehead atoms. The Bertz CT molecular complexity index is 580. The van der Waals surface area contributed by atoms with E-state index in [1.165, 1.54) is 23.4 Å². The van der Waals surface area contributed by atoms with Gasteiger partial charge in [-0.2, -0.15) is 0 Å². The van der Waals surface area contributed by atoms with E-state index in [0.29, 0.717) is 6.04 Å². The number of halogens is 1. The molecule has 1 N–H and O–H groups in total. The predicted molar refractivity (Wildman–Crippen MR) is 78.0 cm³/mol. The van der Waals surface area contributed by atoms with Gasteiger partial charge in [0.05, 0.1) is 11.9 Å². The molecule has 2 nitrogen and oxygen atoms in total. The first kappa shape index (κ1) is 13.3. The molecule has 2 atom stereocenters. The van der Waals surface area contributed by atoms with E-state index < -0.39 is 0 Å². The highest BCUT2D eigenvalue weighted by atomic mass is 19.1. The molecule has 20 heavy (non-hydrogen) atoms. The van der Waals surface area contributed by atoms with Crippen molar-refractivity contribution in [3.8, 4) is 0 Å². The van der Waals surface area contributed by atoms with Gasteiger partial charge in [0.15, 0.2) is 0 Å². The summed E-state index contributed by atoms with van der Waals surface area (Å²) >= 11 is 0. The minimum absolute atomic E-state index is 0.144. The van der Waals surface area contributed by atoms with Crippen LogP contribution < -0.4 is 5.32 Å². The summed E-state index contributed by atoms with van der Waals surface area (Å²) in [5, 5.41) is 3.61. The van der Waals surface area contributed by atoms with E-state index in [-0.39, 0.29) is 11.9 Å². The first-order chi connectivity index (χ1) is 9.72. The zero-order valence-corrected chi connectivity index (χ0v) is 11.6. The van der Waals surface area contributed by atoms with E-state index in [9.17, 15) is 4.39 Å². The molecule has 0 radical (unpaired) electrons. The average Bonchev–Trinajstić information content (AvgIpc) is 2.48. The number of hydrogen-bond acceptors (Lipinski definition) is 2. The summed E-state index contributed by atoms with van der Waals surface area (Å²) in [4.78, 5) is 4.15. The van der Waals surface area contributed by atoms with Gasteiger partial charge in [0.25, 0.3) is 0 Å². The fraction of sp³-hybridized carbons (Fsp3) is 0.353. The van der Waals surface area contributed by atoms with Crippen molar-refractivity contribution in [2.45, 2.75) is 38.3 Å². The highest BCUT2D eigenvalue weighted by molar-refractivity contribution is 5.30. The highest BCUT2D eigenvalue weighted by Gasteiger charge is 2.20. The van der Waals surface area contributed by atoms with E-state index in [4.69, 9.17) is 0 Å². The van der Waals surface area contributed by atoms with Crippen LogP contribution in [0.4, 0.5) is 4.39 Å². The lowest BCUT2D eigenvalue weighted by Gasteiger charge is -2.28. The molecule has 2 unspecified atom stereocenters. The largest absolute Gasteiger partial charge is 0.306 e. The minimum Gasteiger partial charge on any atom is -0.306 e. The van der Waals surface area contributed by atoms with Crippen molar-refractivity contribution in [3.63, 3.8) is 0 Å². The van der Waals surface area contributed by atoms with Crippen LogP contribution in [-0.4, -0.2) is 11.0 Å². The molecule has 0 spiro atoms. The van der Waals surface area contributed by atoms with E-state index in [0.717, 1.165) is 25.0 Å². The predicted octanol–water partition coefficient (Wildman–Crippen LogP) is 3.43. The lowest BCUT2D eigenvalue weighted by atomic mass is 9.88. The number of aromatic nitrogens is 1. The zero-order chi connectivity index (χ0) is 13.9. The van der Waals surface area contributed by atoms with E-state index in [2.05, 4.69) is 41.5 Å². The lowest BCUT2D eigenvalue weighted by Crippen LogP contribution is -2.36. The number of hydrogen-bond donors (Lipinski definition) is 1. The van der Waals surface area contributed by atoms with E-state index in [1.54, 1.807) is 6.07 Å². The molecule has 1 aliphatic rings. The van der Waals surface area contributed by atoms with Crippen LogP contribution in [0, 0.1) is 5.82 Å². The second-order valence-electron chi connectivity index (χ2n) is 5.50. The van der Waals surface area contributed by atoms with Crippen LogP contribution in [0.3, 0.4) is 0 Å². The number of nitrogens with one attached hydrogen (secondary N) is 1. The van der Waals surface area contributed by atoms with Crippen LogP contribution in [0.1, 0.15) is 36.2 Å². The van der Waals surface area contributed by atoms with Crippen molar-refractivity contribution in [2.75, 3.05) is 0 Å². The standard InChI is InChI=1S/C17H19FN2/c1-12(17-9-7-15(18)11-19-17)20-16-8-6-13-4-2-3-5-14(13)10-16/h2-5,7,9,11-12,16,20H,6,8,10H2,1H3. The van der Waals surface area contributed by atoms with Crippen LogP contribution in [0.25, 0.3) is 0 Å². The van der Waals surface area contributed by atoms with Crippen LogP contribution >= 0.6 is 0 Å². The molecule has 2 aromatic rings. The fourth-order valence-electron chi connectivity index (χ4n) is 2.92. The summed E-state index contributed by atoms with van der Waals surface area (Å²) in [6.07, 6.45) is 4.60. The quantitative estimate of drug-likeness (QED) is 0.924. The SMILES string of the molecule is CC(NC1CCc2ccccc2C1)c1ccc(F)cn1. The van der Waals surface area contributed by atoms with Gasteiger partial charge in [-0.05, 0) is 49.4 Å². The molecule has 1 heterocycles. The number of aryl methyl sites for hydroxylation is 1. The second-order valence-corrected chi connectivity index (χ2v) is 5.50. The Morgan fingerprint density at radius 2 is 2.00 bits per heavy atom. The van der Waals surface area contributed by atoms with Crippen LogP contribution in [0.2, 0.25) is 0 Å². The molecule has 3 heteroatoms. The topological polar surface area (TPSA) is 24.9 Å². The fourth-order valence-corrected chi connectivity index (χ4v) is 2.92. The monoisotopic (exact) mass is 270 g/mol. The van der Waals surface area contributed by atoms with E-state index >= 15 is 0 Å². The molecule has 104 valence electrons. The molecule has 0 saturated carbocycles. The maximum atomic E-state index is 12.9. The van der Waals surface area contributed by atoms with Crippen molar-refractivity contribution >= 4 is 0 Å². The Morgan fingerprint density at radius 1 is 1.20 bits per heavy atom. The summed E-state index contributed by atoms with van der Waals surface area (Å²) in [5.74, 6) is -0.285. The lowest BCUT2D eigenvalue weighted by molar-refractivity contribution is 0.409. The zero-order valence-electron chi connectivity index (χ0n) is 11.6. The van der Waals surface area contributed by atoms with Gasteiger partial charge < -0.3 is 5.32 Å². The average molecular weight is 270 g/mol. The normalized spacial score (nSPS) is 19.4. The Morgan fingerprint density at radius 3 is 2.75 bits per heavy atom. The van der Waals surface area contributed by atoms with Crippen molar-refractivity contribution in [1.29, 1.82) is 0 Å². The molecular formula is C17H19FN2. The van der Waals surface area contributed by atoms with Crippen LogP contribution in [0.15, 0.2) is 42.6 Å². The summed E-state index contributed by atoms with van der Waals surface area (Å²) in [6, 6.07) is 12.5. The van der Waals surface area contributed by atoms with Gasteiger partial charge in [-0.3, -0.25) is 4.98 Å². The first-order valence-corrected chi connectivity index (χ1v) is 7.16. The molecule has 0 aliphatic heterocycles. The van der Waals surface area contributed by atoms with Gasteiger partial charge in [-0.15, -0.1) is 0 Å². The number of rotatable bonds is 3. The van der Waals surface area contributed by atoms with Gasteiger partial charge in [0.2, 0.25) is 0 Å². The molecule has 0 fully saturated rings. The first-order valence-electron chi connectivity index (χ1n) is 7.16. The summed E-state index contributed by atoms with van der Waals surface area (Å²) in [6.45, 7) is 2.08. The summed E-state index contributed by atoms with van der Waals surface area (Å²) < 4.78 is 12.9. The van der Waals surface area contributed by atoms with Crippen molar-refractivity contribution < 1.29 is 4.39 Å². The number of pyridine rings is 1.